The Balaban J connectivity index is 1.92. The maximum atomic E-state index is 12.0. The Hall–Kier alpha value is -1.85. The second-order valence-corrected chi connectivity index (χ2v) is 6.05. The zero-order valence-corrected chi connectivity index (χ0v) is 14.7. The molecule has 5 heteroatoms. The zero-order chi connectivity index (χ0) is 16.5. The van der Waals surface area contributed by atoms with Crippen molar-refractivity contribution >= 4 is 27.5 Å². The van der Waals surface area contributed by atoms with Crippen molar-refractivity contribution in [3.05, 3.63) is 58.6 Å². The molecular weight excluding hydrogens is 356 g/mol. The average molecular weight is 377 g/mol. The molecule has 23 heavy (non-hydrogen) atoms. The topological polar surface area (TPSA) is 50.4 Å². The molecule has 4 nitrogen and oxygen atoms in total. The van der Waals surface area contributed by atoms with Crippen LogP contribution in [0.15, 0.2) is 53.0 Å². The molecule has 0 aliphatic rings. The Labute approximate surface area is 145 Å². The third-order valence-corrected chi connectivity index (χ3v) is 3.67. The molecule has 2 aromatic rings. The van der Waals surface area contributed by atoms with Crippen molar-refractivity contribution in [1.29, 1.82) is 0 Å². The molecule has 2 aromatic carbocycles. The number of benzene rings is 2. The smallest absolute Gasteiger partial charge is 0.262 e. The molecule has 0 aliphatic heterocycles. The molecule has 0 bridgehead atoms. The lowest BCUT2D eigenvalue weighted by molar-refractivity contribution is -0.118. The van der Waals surface area contributed by atoms with E-state index in [9.17, 15) is 4.79 Å². The van der Waals surface area contributed by atoms with E-state index < -0.39 is 0 Å². The van der Waals surface area contributed by atoms with Gasteiger partial charge in [0.25, 0.3) is 5.91 Å². The fourth-order valence-corrected chi connectivity index (χ4v) is 2.50. The van der Waals surface area contributed by atoms with Crippen molar-refractivity contribution < 1.29 is 9.53 Å². The SMILES string of the molecule is CCCNCc1cc(Br)ccc1OCC(=O)Nc1ccccc1. The second kappa shape index (κ2) is 9.33. The summed E-state index contributed by atoms with van der Waals surface area (Å²) >= 11 is 3.47. The number of nitrogens with one attached hydrogen (secondary N) is 2. The number of hydrogen-bond donors (Lipinski definition) is 2. The summed E-state index contributed by atoms with van der Waals surface area (Å²) in [5, 5.41) is 6.15. The molecule has 0 saturated heterocycles. The highest BCUT2D eigenvalue weighted by Crippen LogP contribution is 2.23. The third kappa shape index (κ3) is 6.04. The molecule has 2 rings (SSSR count). The summed E-state index contributed by atoms with van der Waals surface area (Å²) < 4.78 is 6.68. The number of carbonyl (C=O) groups excluding carboxylic acids is 1. The molecule has 0 radical (unpaired) electrons. The molecule has 0 heterocycles. The standard InChI is InChI=1S/C18H21BrN2O2/c1-2-10-20-12-14-11-15(19)8-9-17(14)23-13-18(22)21-16-6-4-3-5-7-16/h3-9,11,20H,2,10,12-13H2,1H3,(H,21,22). The number of carbonyl (C=O) groups is 1. The predicted octanol–water partition coefficient (Wildman–Crippen LogP) is 3.97. The van der Waals surface area contributed by atoms with Crippen LogP contribution in [0.4, 0.5) is 5.69 Å². The summed E-state index contributed by atoms with van der Waals surface area (Å²) in [4.78, 5) is 12.0. The summed E-state index contributed by atoms with van der Waals surface area (Å²) in [5.41, 5.74) is 1.79. The van der Waals surface area contributed by atoms with E-state index in [1.807, 2.05) is 48.5 Å². The number of halogens is 1. The number of rotatable bonds is 8. The van der Waals surface area contributed by atoms with Crippen molar-refractivity contribution in [2.45, 2.75) is 19.9 Å². The van der Waals surface area contributed by atoms with E-state index in [-0.39, 0.29) is 12.5 Å². The lowest BCUT2D eigenvalue weighted by Crippen LogP contribution is -2.21. The summed E-state index contributed by atoms with van der Waals surface area (Å²) in [6.45, 7) is 3.76. The van der Waals surface area contributed by atoms with Gasteiger partial charge in [-0.1, -0.05) is 41.1 Å². The van der Waals surface area contributed by atoms with E-state index in [0.29, 0.717) is 6.54 Å². The molecule has 0 aromatic heterocycles. The molecule has 122 valence electrons. The normalized spacial score (nSPS) is 10.3. The maximum absolute atomic E-state index is 12.0. The predicted molar refractivity (Wildman–Crippen MR) is 96.7 cm³/mol. The summed E-state index contributed by atoms with van der Waals surface area (Å²) in [5.74, 6) is 0.548. The minimum Gasteiger partial charge on any atom is -0.483 e. The third-order valence-electron chi connectivity index (χ3n) is 3.18. The van der Waals surface area contributed by atoms with E-state index >= 15 is 0 Å². The number of hydrogen-bond acceptors (Lipinski definition) is 3. The van der Waals surface area contributed by atoms with Crippen LogP contribution in [0.5, 0.6) is 5.75 Å². The van der Waals surface area contributed by atoms with Gasteiger partial charge in [0, 0.05) is 22.3 Å². The van der Waals surface area contributed by atoms with Crippen molar-refractivity contribution in [1.82, 2.24) is 5.32 Å². The fraction of sp³-hybridized carbons (Fsp3) is 0.278. The first-order chi connectivity index (χ1) is 11.2. The van der Waals surface area contributed by atoms with Gasteiger partial charge >= 0.3 is 0 Å². The Morgan fingerprint density at radius 3 is 2.70 bits per heavy atom. The first-order valence-corrected chi connectivity index (χ1v) is 8.45. The monoisotopic (exact) mass is 376 g/mol. The van der Waals surface area contributed by atoms with Crippen molar-refractivity contribution in [2.24, 2.45) is 0 Å². The largest absolute Gasteiger partial charge is 0.483 e. The van der Waals surface area contributed by atoms with Gasteiger partial charge in [0.05, 0.1) is 0 Å². The Morgan fingerprint density at radius 1 is 1.17 bits per heavy atom. The van der Waals surface area contributed by atoms with Gasteiger partial charge in [0.15, 0.2) is 6.61 Å². The molecule has 1 amide bonds. The summed E-state index contributed by atoms with van der Waals surface area (Å²) in [6.07, 6.45) is 1.07. The van der Waals surface area contributed by atoms with Crippen LogP contribution in [-0.4, -0.2) is 19.1 Å². The summed E-state index contributed by atoms with van der Waals surface area (Å²) in [6, 6.07) is 15.1. The number of para-hydroxylation sites is 1. The Morgan fingerprint density at radius 2 is 1.96 bits per heavy atom. The molecule has 0 aliphatic carbocycles. The molecule has 0 unspecified atom stereocenters. The average Bonchev–Trinajstić information content (AvgIpc) is 2.55. The van der Waals surface area contributed by atoms with Gasteiger partial charge in [-0.25, -0.2) is 0 Å². The highest BCUT2D eigenvalue weighted by molar-refractivity contribution is 9.10. The quantitative estimate of drug-likeness (QED) is 0.685. The minimum atomic E-state index is -0.174. The van der Waals surface area contributed by atoms with Crippen LogP contribution in [0, 0.1) is 0 Å². The molecule has 2 N–H and O–H groups in total. The molecule has 0 atom stereocenters. The Bertz CT molecular complexity index is 632. The van der Waals surface area contributed by atoms with Crippen molar-refractivity contribution in [2.75, 3.05) is 18.5 Å². The van der Waals surface area contributed by atoms with Gasteiger partial charge in [-0.3, -0.25) is 4.79 Å². The highest BCUT2D eigenvalue weighted by Gasteiger charge is 2.08. The van der Waals surface area contributed by atoms with Gasteiger partial charge < -0.3 is 15.4 Å². The lowest BCUT2D eigenvalue weighted by atomic mass is 10.2. The van der Waals surface area contributed by atoms with Crippen LogP contribution < -0.4 is 15.4 Å². The van der Waals surface area contributed by atoms with Crippen LogP contribution in [0.3, 0.4) is 0 Å². The van der Waals surface area contributed by atoms with Crippen LogP contribution in [0.25, 0.3) is 0 Å². The fourth-order valence-electron chi connectivity index (χ4n) is 2.09. The van der Waals surface area contributed by atoms with Crippen molar-refractivity contribution in [3.63, 3.8) is 0 Å². The van der Waals surface area contributed by atoms with E-state index in [4.69, 9.17) is 4.74 Å². The van der Waals surface area contributed by atoms with E-state index in [1.54, 1.807) is 0 Å². The van der Waals surface area contributed by atoms with Gasteiger partial charge in [0.1, 0.15) is 5.75 Å². The highest BCUT2D eigenvalue weighted by atomic mass is 79.9. The zero-order valence-electron chi connectivity index (χ0n) is 13.1. The van der Waals surface area contributed by atoms with Crippen molar-refractivity contribution in [3.8, 4) is 5.75 Å². The first kappa shape index (κ1) is 17.5. The van der Waals surface area contributed by atoms with E-state index in [1.165, 1.54) is 0 Å². The maximum Gasteiger partial charge on any atom is 0.262 e. The molecular formula is C18H21BrN2O2. The van der Waals surface area contributed by atoms with Gasteiger partial charge in [0.2, 0.25) is 0 Å². The number of anilines is 1. The van der Waals surface area contributed by atoms with Gasteiger partial charge in [-0.2, -0.15) is 0 Å². The lowest BCUT2D eigenvalue weighted by Gasteiger charge is -2.13. The molecule has 0 saturated carbocycles. The van der Waals surface area contributed by atoms with Crippen LogP contribution in [0.1, 0.15) is 18.9 Å². The van der Waals surface area contributed by atoms with Crippen LogP contribution in [-0.2, 0) is 11.3 Å². The molecule has 0 spiro atoms. The first-order valence-electron chi connectivity index (χ1n) is 7.66. The van der Waals surface area contributed by atoms with Crippen LogP contribution >= 0.6 is 15.9 Å². The second-order valence-electron chi connectivity index (χ2n) is 5.13. The Kier molecular flexibility index (Phi) is 7.10. The number of amides is 1. The molecule has 0 fully saturated rings. The van der Waals surface area contributed by atoms with E-state index in [0.717, 1.165) is 34.4 Å². The van der Waals surface area contributed by atoms with Crippen LogP contribution in [0.2, 0.25) is 0 Å². The summed E-state index contributed by atoms with van der Waals surface area (Å²) in [7, 11) is 0. The van der Waals surface area contributed by atoms with E-state index in [2.05, 4.69) is 33.5 Å². The number of ether oxygens (including phenoxy) is 1. The minimum absolute atomic E-state index is 0.0166. The van der Waals surface area contributed by atoms with Gasteiger partial charge in [-0.05, 0) is 43.3 Å². The van der Waals surface area contributed by atoms with Gasteiger partial charge in [-0.15, -0.1) is 0 Å².